The number of rotatable bonds is 8. The van der Waals surface area contributed by atoms with Crippen LogP contribution in [0.3, 0.4) is 0 Å². The molecule has 0 atom stereocenters. The molecule has 8 nitrogen and oxygen atoms in total. The molecule has 0 fully saturated rings. The number of aryl methyl sites for hydroxylation is 1. The minimum Gasteiger partial charge on any atom is -0.493 e. The molecule has 0 aliphatic carbocycles. The molecule has 29 heavy (non-hydrogen) atoms. The van der Waals surface area contributed by atoms with Gasteiger partial charge in [0, 0.05) is 6.07 Å². The fraction of sp³-hybridized carbons (Fsp3) is 0.190. The lowest BCUT2D eigenvalue weighted by Crippen LogP contribution is -2.21. The maximum absolute atomic E-state index is 12.2. The van der Waals surface area contributed by atoms with Crippen molar-refractivity contribution in [2.45, 2.75) is 13.5 Å². The molecule has 1 heterocycles. The minimum atomic E-state index is -0.663. The molecule has 1 aromatic heterocycles. The van der Waals surface area contributed by atoms with Crippen molar-refractivity contribution >= 4 is 17.7 Å². The van der Waals surface area contributed by atoms with Crippen LogP contribution in [0.1, 0.15) is 21.7 Å². The van der Waals surface area contributed by atoms with Crippen LogP contribution in [0.15, 0.2) is 59.1 Å². The third kappa shape index (κ3) is 5.58. The van der Waals surface area contributed by atoms with Crippen molar-refractivity contribution in [2.75, 3.05) is 19.0 Å². The molecule has 0 aliphatic rings. The summed E-state index contributed by atoms with van der Waals surface area (Å²) >= 11 is 0. The number of carbonyl (C=O) groups is 2. The van der Waals surface area contributed by atoms with Gasteiger partial charge in [-0.2, -0.15) is 0 Å². The van der Waals surface area contributed by atoms with E-state index in [0.717, 1.165) is 5.56 Å². The van der Waals surface area contributed by atoms with E-state index < -0.39 is 18.5 Å². The van der Waals surface area contributed by atoms with Gasteiger partial charge >= 0.3 is 5.97 Å². The summed E-state index contributed by atoms with van der Waals surface area (Å²) in [5, 5.41) is 6.10. The highest BCUT2D eigenvalue weighted by molar-refractivity contribution is 5.95. The Hall–Kier alpha value is -3.81. The number of aromatic nitrogens is 1. The SMILES string of the molecule is COc1cc(C(=O)OCC(=O)Nc2cc(C)on2)ccc1OCc1ccccc1. The number of nitrogens with zero attached hydrogens (tertiary/aromatic N) is 1. The second-order valence-electron chi connectivity index (χ2n) is 6.09. The van der Waals surface area contributed by atoms with Gasteiger partial charge in [0.15, 0.2) is 23.9 Å². The van der Waals surface area contributed by atoms with Crippen molar-refractivity contribution in [1.82, 2.24) is 5.16 Å². The van der Waals surface area contributed by atoms with Crippen molar-refractivity contribution < 1.29 is 28.3 Å². The summed E-state index contributed by atoms with van der Waals surface area (Å²) in [7, 11) is 1.48. The summed E-state index contributed by atoms with van der Waals surface area (Å²) in [6.45, 7) is 1.60. The van der Waals surface area contributed by atoms with Gasteiger partial charge in [-0.25, -0.2) is 4.79 Å². The predicted molar refractivity (Wildman–Crippen MR) is 104 cm³/mol. The van der Waals surface area contributed by atoms with Gasteiger partial charge < -0.3 is 24.1 Å². The Kier molecular flexibility index (Phi) is 6.47. The lowest BCUT2D eigenvalue weighted by atomic mass is 10.2. The third-order valence-electron chi connectivity index (χ3n) is 3.87. The highest BCUT2D eigenvalue weighted by atomic mass is 16.5. The van der Waals surface area contributed by atoms with Crippen LogP contribution in [0, 0.1) is 6.92 Å². The molecule has 0 radical (unpaired) electrons. The van der Waals surface area contributed by atoms with E-state index in [2.05, 4.69) is 10.5 Å². The molecule has 0 spiro atoms. The van der Waals surface area contributed by atoms with E-state index in [9.17, 15) is 9.59 Å². The Morgan fingerprint density at radius 3 is 2.55 bits per heavy atom. The summed E-state index contributed by atoms with van der Waals surface area (Å²) < 4.78 is 20.9. The average Bonchev–Trinajstić information content (AvgIpc) is 3.15. The topological polar surface area (TPSA) is 99.9 Å². The number of ether oxygens (including phenoxy) is 3. The van der Waals surface area contributed by atoms with Crippen molar-refractivity contribution in [1.29, 1.82) is 0 Å². The zero-order valence-electron chi connectivity index (χ0n) is 16.0. The van der Waals surface area contributed by atoms with Crippen LogP contribution in [-0.4, -0.2) is 30.7 Å². The molecular weight excluding hydrogens is 376 g/mol. The first kappa shape index (κ1) is 19.9. The Balaban J connectivity index is 1.56. The summed E-state index contributed by atoms with van der Waals surface area (Å²) in [6.07, 6.45) is 0. The van der Waals surface area contributed by atoms with Crippen molar-refractivity contribution in [3.05, 3.63) is 71.5 Å². The van der Waals surface area contributed by atoms with Gasteiger partial charge in [-0.3, -0.25) is 4.79 Å². The van der Waals surface area contributed by atoms with Crippen molar-refractivity contribution in [3.8, 4) is 11.5 Å². The summed E-state index contributed by atoms with van der Waals surface area (Å²) in [4.78, 5) is 24.1. The first-order chi connectivity index (χ1) is 14.0. The Morgan fingerprint density at radius 2 is 1.86 bits per heavy atom. The Bertz CT molecular complexity index is 984. The molecule has 3 aromatic rings. The van der Waals surface area contributed by atoms with Gasteiger partial charge in [-0.15, -0.1) is 0 Å². The molecule has 1 amide bonds. The molecule has 0 bridgehead atoms. The monoisotopic (exact) mass is 396 g/mol. The van der Waals surface area contributed by atoms with E-state index in [1.807, 2.05) is 30.3 Å². The van der Waals surface area contributed by atoms with Gasteiger partial charge in [-0.1, -0.05) is 35.5 Å². The highest BCUT2D eigenvalue weighted by Gasteiger charge is 2.15. The summed E-state index contributed by atoms with van der Waals surface area (Å²) in [6, 6.07) is 15.9. The van der Waals surface area contributed by atoms with Crippen molar-refractivity contribution in [3.63, 3.8) is 0 Å². The first-order valence-electron chi connectivity index (χ1n) is 8.80. The van der Waals surface area contributed by atoms with Gasteiger partial charge in [0.1, 0.15) is 12.4 Å². The van der Waals surface area contributed by atoms with E-state index in [1.165, 1.54) is 13.2 Å². The fourth-order valence-electron chi connectivity index (χ4n) is 2.47. The maximum Gasteiger partial charge on any atom is 0.338 e. The van der Waals surface area contributed by atoms with E-state index in [-0.39, 0.29) is 11.4 Å². The van der Waals surface area contributed by atoms with E-state index in [1.54, 1.807) is 25.1 Å². The molecule has 2 aromatic carbocycles. The summed E-state index contributed by atoms with van der Waals surface area (Å²) in [5.41, 5.74) is 1.24. The number of anilines is 1. The molecule has 8 heteroatoms. The molecule has 0 unspecified atom stereocenters. The van der Waals surface area contributed by atoms with Crippen LogP contribution in [0.4, 0.5) is 5.82 Å². The normalized spacial score (nSPS) is 10.3. The molecule has 0 saturated carbocycles. The highest BCUT2D eigenvalue weighted by Crippen LogP contribution is 2.29. The average molecular weight is 396 g/mol. The van der Waals surface area contributed by atoms with E-state index >= 15 is 0 Å². The number of carbonyl (C=O) groups excluding carboxylic acids is 2. The molecule has 1 N–H and O–H groups in total. The van der Waals surface area contributed by atoms with Gasteiger partial charge in [-0.05, 0) is 30.7 Å². The number of methoxy groups -OCH3 is 1. The van der Waals surface area contributed by atoms with Crippen molar-refractivity contribution in [2.24, 2.45) is 0 Å². The Morgan fingerprint density at radius 1 is 1.07 bits per heavy atom. The lowest BCUT2D eigenvalue weighted by molar-refractivity contribution is -0.119. The van der Waals surface area contributed by atoms with Crippen LogP contribution in [0.25, 0.3) is 0 Å². The number of nitrogens with one attached hydrogen (secondary N) is 1. The predicted octanol–water partition coefficient (Wildman–Crippen LogP) is 3.37. The largest absolute Gasteiger partial charge is 0.493 e. The molecular formula is C21H20N2O6. The first-order valence-corrected chi connectivity index (χ1v) is 8.80. The minimum absolute atomic E-state index is 0.235. The van der Waals surface area contributed by atoms with Crippen LogP contribution < -0.4 is 14.8 Å². The number of benzene rings is 2. The molecule has 3 rings (SSSR count). The zero-order chi connectivity index (χ0) is 20.6. The van der Waals surface area contributed by atoms with E-state index in [0.29, 0.717) is 23.9 Å². The number of hydrogen-bond donors (Lipinski definition) is 1. The summed E-state index contributed by atoms with van der Waals surface area (Å²) in [5.74, 6) is 0.500. The lowest BCUT2D eigenvalue weighted by Gasteiger charge is -2.12. The standard InChI is InChI=1S/C21H20N2O6/c1-14-10-19(23-29-14)22-20(24)13-28-21(25)16-8-9-17(18(11-16)26-2)27-12-15-6-4-3-5-7-15/h3-11H,12-13H2,1-2H3,(H,22,23,24). The maximum atomic E-state index is 12.2. The van der Waals surface area contributed by atoms with Crippen LogP contribution >= 0.6 is 0 Å². The Labute approximate surface area is 167 Å². The van der Waals surface area contributed by atoms with E-state index in [4.69, 9.17) is 18.7 Å². The van der Waals surface area contributed by atoms with Gasteiger partial charge in [0.05, 0.1) is 12.7 Å². The van der Waals surface area contributed by atoms with Gasteiger partial charge in [0.2, 0.25) is 0 Å². The van der Waals surface area contributed by atoms with Gasteiger partial charge in [0.25, 0.3) is 5.91 Å². The zero-order valence-corrected chi connectivity index (χ0v) is 16.0. The molecule has 150 valence electrons. The number of hydrogen-bond acceptors (Lipinski definition) is 7. The number of esters is 1. The van der Waals surface area contributed by atoms with Crippen LogP contribution in [0.5, 0.6) is 11.5 Å². The molecule has 0 saturated heterocycles. The van der Waals surface area contributed by atoms with Crippen LogP contribution in [0.2, 0.25) is 0 Å². The second kappa shape index (κ2) is 9.41. The number of amides is 1. The van der Waals surface area contributed by atoms with Crippen LogP contribution in [-0.2, 0) is 16.1 Å². The molecule has 0 aliphatic heterocycles. The quantitative estimate of drug-likeness (QED) is 0.583. The third-order valence-corrected chi connectivity index (χ3v) is 3.87. The smallest absolute Gasteiger partial charge is 0.338 e. The second-order valence-corrected chi connectivity index (χ2v) is 6.09. The fourth-order valence-corrected chi connectivity index (χ4v) is 2.47.